The lowest BCUT2D eigenvalue weighted by Gasteiger charge is -2.24. The van der Waals surface area contributed by atoms with Crippen LogP contribution in [0.2, 0.25) is 5.02 Å². The summed E-state index contributed by atoms with van der Waals surface area (Å²) in [5, 5.41) is 6.35. The first kappa shape index (κ1) is 24.5. The van der Waals surface area contributed by atoms with Crippen LogP contribution in [0.25, 0.3) is 0 Å². The zero-order chi connectivity index (χ0) is 24.0. The minimum Gasteiger partial charge on any atom is -0.380 e. The molecule has 0 heterocycles. The van der Waals surface area contributed by atoms with Crippen molar-refractivity contribution in [3.8, 4) is 0 Å². The van der Waals surface area contributed by atoms with Crippen molar-refractivity contribution in [1.29, 1.82) is 0 Å². The largest absolute Gasteiger partial charge is 0.380 e. The SMILES string of the molecule is CC(C)C(CNC(=O)c1cc(S(=O)(=O)Nc2ccc(F)cc2)ccc1Cl)Nc1ccccc1. The van der Waals surface area contributed by atoms with Crippen LogP contribution < -0.4 is 15.4 Å². The van der Waals surface area contributed by atoms with Gasteiger partial charge in [0.2, 0.25) is 0 Å². The molecule has 1 unspecified atom stereocenters. The lowest BCUT2D eigenvalue weighted by molar-refractivity contribution is 0.0950. The summed E-state index contributed by atoms with van der Waals surface area (Å²) >= 11 is 6.19. The van der Waals surface area contributed by atoms with Gasteiger partial charge in [-0.2, -0.15) is 0 Å². The van der Waals surface area contributed by atoms with Crippen LogP contribution >= 0.6 is 11.6 Å². The van der Waals surface area contributed by atoms with Crippen LogP contribution in [0.5, 0.6) is 0 Å². The molecule has 0 saturated heterocycles. The van der Waals surface area contributed by atoms with Crippen LogP contribution in [0, 0.1) is 11.7 Å². The first-order chi connectivity index (χ1) is 15.7. The van der Waals surface area contributed by atoms with Gasteiger partial charge >= 0.3 is 0 Å². The van der Waals surface area contributed by atoms with E-state index >= 15 is 0 Å². The molecule has 0 aliphatic heterocycles. The van der Waals surface area contributed by atoms with Crippen molar-refractivity contribution in [2.75, 3.05) is 16.6 Å². The quantitative estimate of drug-likeness (QED) is 0.388. The van der Waals surface area contributed by atoms with Gasteiger partial charge in [-0.3, -0.25) is 9.52 Å². The summed E-state index contributed by atoms with van der Waals surface area (Å²) in [7, 11) is -4.01. The van der Waals surface area contributed by atoms with Crippen molar-refractivity contribution in [2.45, 2.75) is 24.8 Å². The van der Waals surface area contributed by atoms with Crippen LogP contribution in [0.15, 0.2) is 77.7 Å². The third-order valence-electron chi connectivity index (χ3n) is 5.00. The normalized spacial score (nSPS) is 12.3. The first-order valence-corrected chi connectivity index (χ1v) is 12.2. The van der Waals surface area contributed by atoms with Crippen molar-refractivity contribution < 1.29 is 17.6 Å². The molecular formula is C24H25ClFN3O3S. The van der Waals surface area contributed by atoms with Gasteiger partial charge in [0.25, 0.3) is 15.9 Å². The second-order valence-electron chi connectivity index (χ2n) is 7.82. The number of halogens is 2. The van der Waals surface area contributed by atoms with E-state index < -0.39 is 21.7 Å². The Labute approximate surface area is 198 Å². The maximum absolute atomic E-state index is 13.1. The zero-order valence-electron chi connectivity index (χ0n) is 18.2. The molecule has 0 radical (unpaired) electrons. The number of carbonyl (C=O) groups is 1. The Morgan fingerprint density at radius 1 is 0.970 bits per heavy atom. The smallest absolute Gasteiger partial charge is 0.261 e. The van der Waals surface area contributed by atoms with E-state index in [1.165, 1.54) is 30.3 Å². The van der Waals surface area contributed by atoms with Crippen LogP contribution in [0.4, 0.5) is 15.8 Å². The Morgan fingerprint density at radius 2 is 1.64 bits per heavy atom. The number of sulfonamides is 1. The molecule has 0 bridgehead atoms. The van der Waals surface area contributed by atoms with E-state index in [1.54, 1.807) is 0 Å². The van der Waals surface area contributed by atoms with E-state index in [4.69, 9.17) is 11.6 Å². The lowest BCUT2D eigenvalue weighted by Crippen LogP contribution is -2.39. The summed E-state index contributed by atoms with van der Waals surface area (Å²) < 4.78 is 40.9. The molecule has 0 aliphatic carbocycles. The highest BCUT2D eigenvalue weighted by Gasteiger charge is 2.21. The third kappa shape index (κ3) is 6.69. The molecule has 0 spiro atoms. The summed E-state index contributed by atoms with van der Waals surface area (Å²) in [4.78, 5) is 12.7. The molecule has 1 atom stereocenters. The number of anilines is 2. The lowest BCUT2D eigenvalue weighted by atomic mass is 10.0. The van der Waals surface area contributed by atoms with Crippen molar-refractivity contribution in [2.24, 2.45) is 5.92 Å². The second-order valence-corrected chi connectivity index (χ2v) is 9.91. The molecule has 1 amide bonds. The average Bonchev–Trinajstić information content (AvgIpc) is 2.78. The number of carbonyl (C=O) groups excluding carboxylic acids is 1. The van der Waals surface area contributed by atoms with Gasteiger partial charge in [0.1, 0.15) is 5.82 Å². The van der Waals surface area contributed by atoms with E-state index in [1.807, 2.05) is 44.2 Å². The highest BCUT2D eigenvalue weighted by Crippen LogP contribution is 2.23. The van der Waals surface area contributed by atoms with Crippen LogP contribution in [0.1, 0.15) is 24.2 Å². The van der Waals surface area contributed by atoms with E-state index in [2.05, 4.69) is 15.4 Å². The number of nitrogens with one attached hydrogen (secondary N) is 3. The number of amides is 1. The molecule has 9 heteroatoms. The summed E-state index contributed by atoms with van der Waals surface area (Å²) in [6.45, 7) is 4.38. The van der Waals surface area contributed by atoms with Gasteiger partial charge in [0, 0.05) is 24.0 Å². The maximum atomic E-state index is 13.1. The molecule has 3 rings (SSSR count). The fourth-order valence-electron chi connectivity index (χ4n) is 3.08. The van der Waals surface area contributed by atoms with E-state index in [9.17, 15) is 17.6 Å². The number of benzene rings is 3. The fraction of sp³-hybridized carbons (Fsp3) is 0.208. The molecule has 3 aromatic carbocycles. The van der Waals surface area contributed by atoms with Gasteiger partial charge in [0.15, 0.2) is 0 Å². The van der Waals surface area contributed by atoms with E-state index in [-0.39, 0.29) is 33.1 Å². The van der Waals surface area contributed by atoms with Gasteiger partial charge in [-0.15, -0.1) is 0 Å². The highest BCUT2D eigenvalue weighted by molar-refractivity contribution is 7.92. The standard InChI is InChI=1S/C24H25ClFN3O3S/c1-16(2)23(28-18-6-4-3-5-7-18)15-27-24(30)21-14-20(12-13-22(21)25)33(31,32)29-19-10-8-17(26)9-11-19/h3-14,16,23,28-29H,15H2,1-2H3,(H,27,30). The predicted octanol–water partition coefficient (Wildman–Crippen LogP) is 5.15. The molecule has 174 valence electrons. The average molecular weight is 490 g/mol. The molecule has 0 saturated carbocycles. The number of para-hydroxylation sites is 1. The summed E-state index contributed by atoms with van der Waals surface area (Å²) in [5.74, 6) is -0.753. The van der Waals surface area contributed by atoms with Crippen molar-refractivity contribution >= 4 is 38.9 Å². The Kier molecular flexibility index (Phi) is 7.94. The molecule has 33 heavy (non-hydrogen) atoms. The van der Waals surface area contributed by atoms with E-state index in [0.717, 1.165) is 17.8 Å². The molecule has 0 aliphatic rings. The van der Waals surface area contributed by atoms with Gasteiger partial charge in [-0.1, -0.05) is 43.6 Å². The van der Waals surface area contributed by atoms with E-state index in [0.29, 0.717) is 6.54 Å². The monoisotopic (exact) mass is 489 g/mol. The van der Waals surface area contributed by atoms with Gasteiger partial charge in [0.05, 0.1) is 15.5 Å². The minimum absolute atomic E-state index is 0.0425. The molecule has 3 aromatic rings. The zero-order valence-corrected chi connectivity index (χ0v) is 19.8. The Bertz CT molecular complexity index is 1200. The Balaban J connectivity index is 1.73. The first-order valence-electron chi connectivity index (χ1n) is 10.3. The fourth-order valence-corrected chi connectivity index (χ4v) is 4.37. The minimum atomic E-state index is -4.01. The van der Waals surface area contributed by atoms with Gasteiger partial charge in [-0.25, -0.2) is 12.8 Å². The Hall–Kier alpha value is -3.10. The van der Waals surface area contributed by atoms with Crippen LogP contribution in [0.3, 0.4) is 0 Å². The van der Waals surface area contributed by atoms with Crippen LogP contribution in [-0.2, 0) is 10.0 Å². The number of hydrogen-bond donors (Lipinski definition) is 3. The maximum Gasteiger partial charge on any atom is 0.261 e. The summed E-state index contributed by atoms with van der Waals surface area (Å²) in [6.07, 6.45) is 0. The number of rotatable bonds is 9. The summed E-state index contributed by atoms with van der Waals surface area (Å²) in [6, 6.07) is 18.4. The van der Waals surface area contributed by atoms with Crippen molar-refractivity contribution in [1.82, 2.24) is 5.32 Å². The van der Waals surface area contributed by atoms with Crippen molar-refractivity contribution in [3.63, 3.8) is 0 Å². The van der Waals surface area contributed by atoms with Gasteiger partial charge < -0.3 is 10.6 Å². The molecule has 0 fully saturated rings. The molecule has 3 N–H and O–H groups in total. The molecular weight excluding hydrogens is 465 g/mol. The topological polar surface area (TPSA) is 87.3 Å². The number of hydrogen-bond acceptors (Lipinski definition) is 4. The summed E-state index contributed by atoms with van der Waals surface area (Å²) in [5.41, 5.74) is 1.17. The predicted molar refractivity (Wildman–Crippen MR) is 130 cm³/mol. The van der Waals surface area contributed by atoms with Crippen molar-refractivity contribution in [3.05, 3.63) is 89.2 Å². The molecule has 0 aromatic heterocycles. The Morgan fingerprint density at radius 3 is 2.27 bits per heavy atom. The van der Waals surface area contributed by atoms with Gasteiger partial charge in [-0.05, 0) is 60.5 Å². The van der Waals surface area contributed by atoms with Crippen LogP contribution in [-0.4, -0.2) is 26.9 Å². The third-order valence-corrected chi connectivity index (χ3v) is 6.71. The molecule has 6 nitrogen and oxygen atoms in total. The second kappa shape index (κ2) is 10.7. The highest BCUT2D eigenvalue weighted by atomic mass is 35.5.